The molecule has 2 aliphatic rings. The van der Waals surface area contributed by atoms with E-state index < -0.39 is 0 Å². The molecule has 3 aromatic carbocycles. The topological polar surface area (TPSA) is 52.0 Å². The van der Waals surface area contributed by atoms with E-state index in [2.05, 4.69) is 58.1 Å². The number of hydrogen-bond acceptors (Lipinski definition) is 5. The van der Waals surface area contributed by atoms with Crippen molar-refractivity contribution in [2.75, 3.05) is 11.6 Å². The molecule has 0 saturated heterocycles. The number of halogens is 1. The van der Waals surface area contributed by atoms with Crippen molar-refractivity contribution >= 4 is 35.0 Å². The Kier molecular flexibility index (Phi) is 4.70. The van der Waals surface area contributed by atoms with Crippen molar-refractivity contribution in [3.63, 3.8) is 0 Å². The fourth-order valence-electron chi connectivity index (χ4n) is 4.45. The molecule has 5 nitrogen and oxygen atoms in total. The van der Waals surface area contributed by atoms with Gasteiger partial charge in [0.15, 0.2) is 0 Å². The molecule has 6 rings (SSSR count). The third-order valence-electron chi connectivity index (χ3n) is 5.91. The van der Waals surface area contributed by atoms with Crippen molar-refractivity contribution in [2.24, 2.45) is 0 Å². The lowest BCUT2D eigenvalue weighted by Gasteiger charge is -2.39. The van der Waals surface area contributed by atoms with Gasteiger partial charge in [-0.05, 0) is 47.7 Å². The summed E-state index contributed by atoms with van der Waals surface area (Å²) in [6.45, 7) is 0. The second kappa shape index (κ2) is 7.73. The average molecular weight is 459 g/mol. The Bertz CT molecular complexity index is 1330. The molecular weight excluding hydrogens is 440 g/mol. The number of anilines is 1. The largest absolute Gasteiger partial charge is 0.480 e. The van der Waals surface area contributed by atoms with Gasteiger partial charge in [-0.25, -0.2) is 4.68 Å². The number of thioether (sulfide) groups is 1. The Labute approximate surface area is 195 Å². The molecule has 158 valence electrons. The van der Waals surface area contributed by atoms with Gasteiger partial charge < -0.3 is 10.1 Å². The van der Waals surface area contributed by atoms with E-state index in [1.807, 2.05) is 41.1 Å². The zero-order valence-corrected chi connectivity index (χ0v) is 18.8. The number of rotatable bonds is 3. The molecule has 0 radical (unpaired) electrons. The van der Waals surface area contributed by atoms with E-state index in [9.17, 15) is 0 Å². The van der Waals surface area contributed by atoms with Crippen LogP contribution in [0.5, 0.6) is 5.75 Å². The van der Waals surface area contributed by atoms with Crippen LogP contribution < -0.4 is 10.1 Å². The summed E-state index contributed by atoms with van der Waals surface area (Å²) in [5.41, 5.74) is 5.19. The summed E-state index contributed by atoms with van der Waals surface area (Å²) >= 11 is 8.11. The third-order valence-corrected chi connectivity index (χ3v) is 6.89. The molecule has 1 aromatic heterocycles. The van der Waals surface area contributed by atoms with Gasteiger partial charge in [-0.15, -0.1) is 11.8 Å². The minimum atomic E-state index is -0.287. The summed E-state index contributed by atoms with van der Waals surface area (Å²) in [5.74, 6) is 1.49. The number of hydrogen-bond donors (Lipinski definition) is 1. The molecule has 2 atom stereocenters. The fraction of sp³-hybridized carbons (Fsp3) is 0.120. The van der Waals surface area contributed by atoms with Gasteiger partial charge in [0, 0.05) is 21.1 Å². The van der Waals surface area contributed by atoms with Gasteiger partial charge >= 0.3 is 0 Å². The minimum absolute atomic E-state index is 0.165. The Morgan fingerprint density at radius 1 is 1.00 bits per heavy atom. The van der Waals surface area contributed by atoms with Gasteiger partial charge in [0.25, 0.3) is 0 Å². The Hall–Kier alpha value is -3.22. The van der Waals surface area contributed by atoms with Crippen LogP contribution in [0.1, 0.15) is 28.8 Å². The van der Waals surface area contributed by atoms with Crippen molar-refractivity contribution in [2.45, 2.75) is 17.0 Å². The molecule has 0 fully saturated rings. The maximum Gasteiger partial charge on any atom is 0.226 e. The molecule has 0 saturated carbocycles. The smallest absolute Gasteiger partial charge is 0.226 e. The summed E-state index contributed by atoms with van der Waals surface area (Å²) in [7, 11) is 0. The zero-order chi connectivity index (χ0) is 21.7. The molecule has 0 unspecified atom stereocenters. The maximum absolute atomic E-state index is 6.63. The maximum atomic E-state index is 6.63. The SMILES string of the molecule is CSc1ccc([C@H]2Oc3ccc(Cl)cc3C3=C2[C@H](c2ccccc2)n2ncnc2N3)cc1. The highest BCUT2D eigenvalue weighted by Gasteiger charge is 2.40. The summed E-state index contributed by atoms with van der Waals surface area (Å²) in [5, 5.41) is 8.73. The molecule has 0 aliphatic carbocycles. The predicted molar refractivity (Wildman–Crippen MR) is 128 cm³/mol. The van der Waals surface area contributed by atoms with Crippen molar-refractivity contribution in [3.05, 3.63) is 106 Å². The first kappa shape index (κ1) is 19.5. The van der Waals surface area contributed by atoms with Crippen LogP contribution in [-0.4, -0.2) is 21.0 Å². The number of fused-ring (bicyclic) bond motifs is 3. The van der Waals surface area contributed by atoms with Crippen molar-refractivity contribution in [1.29, 1.82) is 0 Å². The molecule has 4 aromatic rings. The van der Waals surface area contributed by atoms with Crippen LogP contribution >= 0.6 is 23.4 Å². The lowest BCUT2D eigenvalue weighted by atomic mass is 9.84. The monoisotopic (exact) mass is 458 g/mol. The number of benzene rings is 3. The Balaban J connectivity index is 1.61. The predicted octanol–water partition coefficient (Wildman–Crippen LogP) is 6.21. The number of nitrogens with one attached hydrogen (secondary N) is 1. The second-order valence-corrected chi connectivity index (χ2v) is 9.02. The van der Waals surface area contributed by atoms with E-state index in [1.54, 1.807) is 18.1 Å². The Morgan fingerprint density at radius 2 is 1.81 bits per heavy atom. The van der Waals surface area contributed by atoms with Gasteiger partial charge in [-0.1, -0.05) is 54.1 Å². The molecule has 0 amide bonds. The highest BCUT2D eigenvalue weighted by molar-refractivity contribution is 7.98. The van der Waals surface area contributed by atoms with Crippen LogP contribution in [-0.2, 0) is 0 Å². The van der Waals surface area contributed by atoms with Crippen LogP contribution in [0, 0.1) is 0 Å². The van der Waals surface area contributed by atoms with Gasteiger partial charge in [0.05, 0.1) is 5.70 Å². The Morgan fingerprint density at radius 3 is 2.59 bits per heavy atom. The van der Waals surface area contributed by atoms with Crippen molar-refractivity contribution in [1.82, 2.24) is 14.8 Å². The molecular formula is C25H19ClN4OS. The lowest BCUT2D eigenvalue weighted by Crippen LogP contribution is -2.32. The van der Waals surface area contributed by atoms with Crippen LogP contribution in [0.15, 0.2) is 89.6 Å². The number of nitrogens with zero attached hydrogens (tertiary/aromatic N) is 3. The molecule has 1 N–H and O–H groups in total. The quantitative estimate of drug-likeness (QED) is 0.370. The highest BCUT2D eigenvalue weighted by Crippen LogP contribution is 2.51. The fourth-order valence-corrected chi connectivity index (χ4v) is 5.03. The third kappa shape index (κ3) is 3.10. The summed E-state index contributed by atoms with van der Waals surface area (Å²) in [6, 6.07) is 24.5. The minimum Gasteiger partial charge on any atom is -0.480 e. The van der Waals surface area contributed by atoms with Gasteiger partial charge in [0.1, 0.15) is 24.2 Å². The zero-order valence-electron chi connectivity index (χ0n) is 17.2. The molecule has 0 bridgehead atoms. The van der Waals surface area contributed by atoms with Gasteiger partial charge in [0.2, 0.25) is 5.95 Å². The lowest BCUT2D eigenvalue weighted by molar-refractivity contribution is 0.223. The first-order valence-electron chi connectivity index (χ1n) is 10.3. The normalized spacial score (nSPS) is 18.8. The van der Waals surface area contributed by atoms with Crippen molar-refractivity contribution < 1.29 is 4.74 Å². The van der Waals surface area contributed by atoms with Crippen LogP contribution in [0.25, 0.3) is 5.70 Å². The molecule has 2 aliphatic heterocycles. The standard InChI is InChI=1S/C25H19ClN4OS/c1-32-18-10-7-16(8-11-18)24-21-22(19-13-17(26)9-12-20(19)31-24)29-25-27-14-28-30(25)23(21)15-5-3-2-4-6-15/h2-14,23-24H,1H3,(H,27,28,29)/t23-,24+/m0/s1. The van der Waals surface area contributed by atoms with Gasteiger partial charge in [-0.2, -0.15) is 10.1 Å². The van der Waals surface area contributed by atoms with E-state index in [1.165, 1.54) is 4.90 Å². The molecule has 32 heavy (non-hydrogen) atoms. The molecule has 7 heteroatoms. The highest BCUT2D eigenvalue weighted by atomic mass is 35.5. The second-order valence-electron chi connectivity index (χ2n) is 7.71. The van der Waals surface area contributed by atoms with Crippen molar-refractivity contribution in [3.8, 4) is 5.75 Å². The van der Waals surface area contributed by atoms with Crippen LogP contribution in [0.2, 0.25) is 5.02 Å². The summed E-state index contributed by atoms with van der Waals surface area (Å²) in [6.07, 6.45) is 3.37. The first-order valence-corrected chi connectivity index (χ1v) is 11.9. The van der Waals surface area contributed by atoms with E-state index in [4.69, 9.17) is 16.3 Å². The first-order chi connectivity index (χ1) is 15.7. The van der Waals surface area contributed by atoms with E-state index in [0.717, 1.165) is 33.7 Å². The van der Waals surface area contributed by atoms with Crippen LogP contribution in [0.4, 0.5) is 5.95 Å². The van der Waals surface area contributed by atoms with E-state index >= 15 is 0 Å². The number of ether oxygens (including phenoxy) is 1. The van der Waals surface area contributed by atoms with Gasteiger partial charge in [-0.3, -0.25) is 0 Å². The molecule has 3 heterocycles. The molecule has 0 spiro atoms. The summed E-state index contributed by atoms with van der Waals surface area (Å²) in [4.78, 5) is 5.68. The van der Waals surface area contributed by atoms with Crippen LogP contribution in [0.3, 0.4) is 0 Å². The average Bonchev–Trinajstić information content (AvgIpc) is 3.31. The van der Waals surface area contributed by atoms with E-state index in [0.29, 0.717) is 11.0 Å². The number of aromatic nitrogens is 3. The van der Waals surface area contributed by atoms with E-state index in [-0.39, 0.29) is 12.1 Å². The summed E-state index contributed by atoms with van der Waals surface area (Å²) < 4.78 is 8.56.